The van der Waals surface area contributed by atoms with E-state index >= 15 is 0 Å². The Hall–Kier alpha value is -1.83. The van der Waals surface area contributed by atoms with Crippen molar-refractivity contribution in [1.82, 2.24) is 19.5 Å². The third-order valence-electron chi connectivity index (χ3n) is 2.75. The molecule has 0 fully saturated rings. The van der Waals surface area contributed by atoms with Crippen molar-refractivity contribution in [1.29, 1.82) is 0 Å². The number of aryl methyl sites for hydroxylation is 1. The number of rotatable bonds is 5. The summed E-state index contributed by atoms with van der Waals surface area (Å²) in [5, 5.41) is 0. The van der Waals surface area contributed by atoms with Gasteiger partial charge in [0.2, 0.25) is 5.95 Å². The minimum atomic E-state index is -2.87. The fraction of sp³-hybridized carbons (Fsp3) is 0.545. The van der Waals surface area contributed by atoms with Crippen LogP contribution in [0, 0.1) is 0 Å². The van der Waals surface area contributed by atoms with E-state index < -0.39 is 8.25 Å². The Bertz CT molecular complexity index is 650. The molecule has 0 radical (unpaired) electrons. The molecular weight excluding hydrogens is 297 g/mol. The average molecular weight is 316 g/mol. The van der Waals surface area contributed by atoms with Crippen molar-refractivity contribution in [3.63, 3.8) is 0 Å². The molecule has 0 bridgehead atoms. The zero-order chi connectivity index (χ0) is 15.8. The van der Waals surface area contributed by atoms with Gasteiger partial charge in [-0.2, -0.15) is 4.98 Å². The van der Waals surface area contributed by atoms with Crippen LogP contribution in [-0.2, 0) is 11.1 Å². The minimum absolute atomic E-state index is 0.137. The van der Waals surface area contributed by atoms with Gasteiger partial charge in [-0.15, -0.1) is 9.79 Å². The van der Waals surface area contributed by atoms with Crippen LogP contribution >= 0.6 is 8.25 Å². The Labute approximate surface area is 121 Å². The molecule has 0 aliphatic carbocycles. The predicted molar refractivity (Wildman–Crippen MR) is 78.7 cm³/mol. The Morgan fingerprint density at radius 1 is 1.38 bits per heavy atom. The molecule has 9 nitrogen and oxygen atoms in total. The molecule has 0 amide bonds. The maximum atomic E-state index is 11.5. The summed E-state index contributed by atoms with van der Waals surface area (Å²) in [6, 6.07) is 0. The van der Waals surface area contributed by atoms with Gasteiger partial charge in [-0.1, -0.05) is 26.2 Å². The van der Waals surface area contributed by atoms with E-state index in [9.17, 15) is 4.79 Å². The highest BCUT2D eigenvalue weighted by atomic mass is 31.1. The molecule has 0 atom stereocenters. The van der Waals surface area contributed by atoms with Crippen molar-refractivity contribution in [3.8, 4) is 0 Å². The number of unbranched alkanes of at least 4 members (excludes halogenated alkanes) is 3. The van der Waals surface area contributed by atoms with Crippen LogP contribution < -0.4 is 11.3 Å². The third kappa shape index (κ3) is 5.58. The molecule has 0 unspecified atom stereocenters. The molecule has 0 aliphatic heterocycles. The number of anilines is 1. The minimum Gasteiger partial charge on any atom is -0.369 e. The number of aromatic nitrogens is 4. The summed E-state index contributed by atoms with van der Waals surface area (Å²) >= 11 is 0. The Kier molecular flexibility index (Phi) is 6.93. The number of fused-ring (bicyclic) bond motifs is 1. The van der Waals surface area contributed by atoms with Gasteiger partial charge < -0.3 is 10.3 Å². The monoisotopic (exact) mass is 316 g/mol. The van der Waals surface area contributed by atoms with Crippen LogP contribution in [0.5, 0.6) is 0 Å². The molecule has 5 N–H and O–H groups in total. The van der Waals surface area contributed by atoms with Crippen LogP contribution in [0.15, 0.2) is 11.1 Å². The second kappa shape index (κ2) is 8.46. The third-order valence-corrected chi connectivity index (χ3v) is 2.75. The van der Waals surface area contributed by atoms with Crippen molar-refractivity contribution < 1.29 is 14.4 Å². The normalized spacial score (nSPS) is 10.2. The van der Waals surface area contributed by atoms with Crippen molar-refractivity contribution in [2.75, 3.05) is 5.73 Å². The number of nitrogen functional groups attached to an aromatic ring is 1. The number of aromatic amines is 1. The Morgan fingerprint density at radius 3 is 2.67 bits per heavy atom. The SMILES string of the molecule is CCCCCCn1cnc2c(=O)[nH]c(N)nc21.O=[P+](O)O. The van der Waals surface area contributed by atoms with Crippen LogP contribution in [0.2, 0.25) is 0 Å². The smallest absolute Gasteiger partial charge is 0.369 e. The van der Waals surface area contributed by atoms with Gasteiger partial charge in [0.15, 0.2) is 11.2 Å². The van der Waals surface area contributed by atoms with Crippen LogP contribution in [0.25, 0.3) is 11.2 Å². The number of nitrogens with one attached hydrogen (secondary N) is 1. The lowest BCUT2D eigenvalue weighted by molar-refractivity contribution is 0.405. The predicted octanol–water partition coefficient (Wildman–Crippen LogP) is 0.910. The van der Waals surface area contributed by atoms with E-state index in [0.717, 1.165) is 13.0 Å². The molecule has 2 rings (SSSR count). The Morgan fingerprint density at radius 2 is 2.05 bits per heavy atom. The largest absolute Gasteiger partial charge is 0.692 e. The highest BCUT2D eigenvalue weighted by Crippen LogP contribution is 2.09. The summed E-state index contributed by atoms with van der Waals surface area (Å²) in [6.07, 6.45) is 6.32. The zero-order valence-corrected chi connectivity index (χ0v) is 12.6. The second-order valence-corrected chi connectivity index (χ2v) is 4.88. The first-order valence-electron chi connectivity index (χ1n) is 6.51. The van der Waals surface area contributed by atoms with E-state index in [2.05, 4.69) is 21.9 Å². The van der Waals surface area contributed by atoms with E-state index in [1.165, 1.54) is 19.3 Å². The lowest BCUT2D eigenvalue weighted by Gasteiger charge is -2.03. The molecule has 10 heteroatoms. The van der Waals surface area contributed by atoms with E-state index in [4.69, 9.17) is 20.1 Å². The molecule has 0 saturated carbocycles. The van der Waals surface area contributed by atoms with Crippen molar-refractivity contribution in [2.45, 2.75) is 39.2 Å². The number of nitrogens with zero attached hydrogens (tertiary/aromatic N) is 3. The molecule has 2 heterocycles. The summed E-state index contributed by atoms with van der Waals surface area (Å²) in [5.74, 6) is 0.137. The molecule has 21 heavy (non-hydrogen) atoms. The number of hydrogen-bond donors (Lipinski definition) is 4. The van der Waals surface area contributed by atoms with E-state index in [-0.39, 0.29) is 11.5 Å². The van der Waals surface area contributed by atoms with Crippen molar-refractivity contribution in [2.24, 2.45) is 0 Å². The van der Waals surface area contributed by atoms with Gasteiger partial charge in [-0.25, -0.2) is 4.98 Å². The summed E-state index contributed by atoms with van der Waals surface area (Å²) < 4.78 is 10.6. The number of nitrogens with two attached hydrogens (primary N) is 1. The molecule has 0 saturated heterocycles. The molecule has 116 valence electrons. The van der Waals surface area contributed by atoms with Crippen LogP contribution in [0.3, 0.4) is 0 Å². The number of imidazole rings is 1. The summed E-state index contributed by atoms with van der Waals surface area (Å²) in [4.78, 5) is 36.4. The first-order valence-corrected chi connectivity index (χ1v) is 7.67. The van der Waals surface area contributed by atoms with Crippen LogP contribution in [-0.4, -0.2) is 29.3 Å². The Balaban J connectivity index is 0.000000491. The van der Waals surface area contributed by atoms with Crippen LogP contribution in [0.1, 0.15) is 32.6 Å². The van der Waals surface area contributed by atoms with Gasteiger partial charge in [0, 0.05) is 11.1 Å². The van der Waals surface area contributed by atoms with Gasteiger partial charge >= 0.3 is 8.25 Å². The standard InChI is InChI=1S/C11H17N5O.HO3P/c1-2-3-4-5-6-16-7-13-8-9(16)14-11(12)15-10(8)17;1-4(2)3/h7H,2-6H2,1H3,(H3,12,14,15,17);(H-,1,2,3)/p+1. The van der Waals surface area contributed by atoms with E-state index in [1.807, 2.05) is 4.57 Å². The van der Waals surface area contributed by atoms with Gasteiger partial charge in [0.1, 0.15) is 0 Å². The molecule has 2 aromatic rings. The first kappa shape index (κ1) is 17.2. The lowest BCUT2D eigenvalue weighted by Crippen LogP contribution is -2.12. The maximum absolute atomic E-state index is 11.5. The number of H-pyrrole nitrogens is 1. The molecule has 0 aliphatic rings. The summed E-state index contributed by atoms with van der Waals surface area (Å²) in [5.41, 5.74) is 6.17. The van der Waals surface area contributed by atoms with E-state index in [1.54, 1.807) is 6.33 Å². The lowest BCUT2D eigenvalue weighted by atomic mass is 10.2. The quantitative estimate of drug-likeness (QED) is 0.473. The van der Waals surface area contributed by atoms with Gasteiger partial charge in [-0.05, 0) is 6.42 Å². The zero-order valence-electron chi connectivity index (χ0n) is 11.7. The highest BCUT2D eigenvalue weighted by Gasteiger charge is 2.08. The second-order valence-electron chi connectivity index (χ2n) is 4.37. The van der Waals surface area contributed by atoms with Gasteiger partial charge in [-0.3, -0.25) is 9.78 Å². The first-order chi connectivity index (χ1) is 9.95. The van der Waals surface area contributed by atoms with Crippen molar-refractivity contribution >= 4 is 25.4 Å². The van der Waals surface area contributed by atoms with Crippen molar-refractivity contribution in [3.05, 3.63) is 16.7 Å². The molecule has 0 spiro atoms. The van der Waals surface area contributed by atoms with Gasteiger partial charge in [0.25, 0.3) is 5.56 Å². The fourth-order valence-electron chi connectivity index (χ4n) is 1.84. The molecule has 2 aromatic heterocycles. The molecule has 0 aromatic carbocycles. The topological polar surface area (TPSA) is 147 Å². The number of hydrogen-bond acceptors (Lipinski definition) is 5. The highest BCUT2D eigenvalue weighted by molar-refractivity contribution is 7.30. The molecular formula is C11H19N5O4P+. The van der Waals surface area contributed by atoms with Gasteiger partial charge in [0.05, 0.1) is 6.33 Å². The summed E-state index contributed by atoms with van der Waals surface area (Å²) in [7, 11) is -2.87. The van der Waals surface area contributed by atoms with Crippen LogP contribution in [0.4, 0.5) is 5.95 Å². The maximum Gasteiger partial charge on any atom is 0.692 e. The fourth-order valence-corrected chi connectivity index (χ4v) is 1.84. The van der Waals surface area contributed by atoms with E-state index in [0.29, 0.717) is 11.2 Å². The average Bonchev–Trinajstić information content (AvgIpc) is 2.77. The summed E-state index contributed by atoms with van der Waals surface area (Å²) in [6.45, 7) is 3.00.